The highest BCUT2D eigenvalue weighted by Crippen LogP contribution is 2.32. The zero-order valence-electron chi connectivity index (χ0n) is 12.0. The van der Waals surface area contributed by atoms with Crippen LogP contribution in [-0.4, -0.2) is 25.8 Å². The molecule has 3 rings (SSSR count). The summed E-state index contributed by atoms with van der Waals surface area (Å²) in [7, 11) is 0. The SMILES string of the molecule is Fc1ccc(Cl)c(OC(c2ccccc2)[C@@H]2CNCCO2)c1. The van der Waals surface area contributed by atoms with Gasteiger partial charge in [0.25, 0.3) is 0 Å². The van der Waals surface area contributed by atoms with Crippen molar-refractivity contribution in [2.45, 2.75) is 12.2 Å². The van der Waals surface area contributed by atoms with E-state index in [2.05, 4.69) is 5.32 Å². The van der Waals surface area contributed by atoms with Crippen molar-refractivity contribution in [2.24, 2.45) is 0 Å². The quantitative estimate of drug-likeness (QED) is 0.933. The minimum absolute atomic E-state index is 0.157. The first-order valence-corrected chi connectivity index (χ1v) is 7.61. The number of benzene rings is 2. The van der Waals surface area contributed by atoms with Crippen LogP contribution in [0.1, 0.15) is 11.7 Å². The highest BCUT2D eigenvalue weighted by molar-refractivity contribution is 6.32. The Balaban J connectivity index is 1.89. The van der Waals surface area contributed by atoms with Gasteiger partial charge in [-0.2, -0.15) is 0 Å². The highest BCUT2D eigenvalue weighted by atomic mass is 35.5. The second kappa shape index (κ2) is 7.09. The molecule has 0 bridgehead atoms. The molecular formula is C17H17ClFNO2. The molecule has 5 heteroatoms. The molecular weight excluding hydrogens is 305 g/mol. The Morgan fingerprint density at radius 2 is 2.05 bits per heavy atom. The average molecular weight is 322 g/mol. The summed E-state index contributed by atoms with van der Waals surface area (Å²) >= 11 is 6.12. The second-order valence-electron chi connectivity index (χ2n) is 5.14. The first-order valence-electron chi connectivity index (χ1n) is 7.23. The molecule has 0 aliphatic carbocycles. The predicted octanol–water partition coefficient (Wildman–Crippen LogP) is 3.59. The van der Waals surface area contributed by atoms with E-state index in [1.54, 1.807) is 0 Å². The van der Waals surface area contributed by atoms with Gasteiger partial charge in [-0.05, 0) is 17.7 Å². The highest BCUT2D eigenvalue weighted by Gasteiger charge is 2.28. The van der Waals surface area contributed by atoms with E-state index in [9.17, 15) is 4.39 Å². The van der Waals surface area contributed by atoms with Crippen LogP contribution in [0.25, 0.3) is 0 Å². The van der Waals surface area contributed by atoms with Gasteiger partial charge in [0.1, 0.15) is 17.7 Å². The lowest BCUT2D eigenvalue weighted by Gasteiger charge is -2.31. The van der Waals surface area contributed by atoms with Crippen LogP contribution in [0.3, 0.4) is 0 Å². The summed E-state index contributed by atoms with van der Waals surface area (Å²) in [6.07, 6.45) is -0.510. The molecule has 0 saturated carbocycles. The average Bonchev–Trinajstić information content (AvgIpc) is 2.57. The van der Waals surface area contributed by atoms with Crippen molar-refractivity contribution in [1.29, 1.82) is 0 Å². The van der Waals surface area contributed by atoms with Crippen molar-refractivity contribution in [2.75, 3.05) is 19.7 Å². The van der Waals surface area contributed by atoms with Gasteiger partial charge in [0.05, 0.1) is 11.6 Å². The number of morpholine rings is 1. The fraction of sp³-hybridized carbons (Fsp3) is 0.294. The number of nitrogens with one attached hydrogen (secondary N) is 1. The standard InChI is InChI=1S/C17H17ClFNO2/c18-14-7-6-13(19)10-15(14)22-17(12-4-2-1-3-5-12)16-11-20-8-9-21-16/h1-7,10,16-17,20H,8-9,11H2/t16-,17?/m0/s1. The second-order valence-corrected chi connectivity index (χ2v) is 5.54. The van der Waals surface area contributed by atoms with Crippen LogP contribution in [-0.2, 0) is 4.74 Å². The Morgan fingerprint density at radius 1 is 1.23 bits per heavy atom. The van der Waals surface area contributed by atoms with Crippen LogP contribution in [0, 0.1) is 5.82 Å². The number of hydrogen-bond acceptors (Lipinski definition) is 3. The van der Waals surface area contributed by atoms with E-state index < -0.39 is 0 Å². The Labute approximate surface area is 134 Å². The summed E-state index contributed by atoms with van der Waals surface area (Å²) in [5.74, 6) is -0.0569. The van der Waals surface area contributed by atoms with Gasteiger partial charge >= 0.3 is 0 Å². The minimum atomic E-state index is -0.381. The van der Waals surface area contributed by atoms with Gasteiger partial charge in [0, 0.05) is 19.2 Å². The van der Waals surface area contributed by atoms with Crippen LogP contribution in [0.2, 0.25) is 5.02 Å². The molecule has 2 aromatic carbocycles. The molecule has 1 heterocycles. The number of halogens is 2. The van der Waals surface area contributed by atoms with Gasteiger partial charge in [-0.3, -0.25) is 0 Å². The molecule has 1 aliphatic rings. The van der Waals surface area contributed by atoms with Gasteiger partial charge in [-0.15, -0.1) is 0 Å². The van der Waals surface area contributed by atoms with Gasteiger partial charge in [-0.1, -0.05) is 41.9 Å². The van der Waals surface area contributed by atoms with Crippen molar-refractivity contribution >= 4 is 11.6 Å². The van der Waals surface area contributed by atoms with Gasteiger partial charge in [-0.25, -0.2) is 4.39 Å². The molecule has 0 spiro atoms. The summed E-state index contributed by atoms with van der Waals surface area (Å²) in [6, 6.07) is 13.9. The molecule has 0 radical (unpaired) electrons. The summed E-state index contributed by atoms with van der Waals surface area (Å²) in [4.78, 5) is 0. The van der Waals surface area contributed by atoms with Crippen molar-refractivity contribution in [3.8, 4) is 5.75 Å². The fourth-order valence-electron chi connectivity index (χ4n) is 2.49. The monoisotopic (exact) mass is 321 g/mol. The van der Waals surface area contributed by atoms with E-state index in [-0.39, 0.29) is 18.0 Å². The smallest absolute Gasteiger partial charge is 0.151 e. The Hall–Kier alpha value is -1.62. The van der Waals surface area contributed by atoms with Crippen molar-refractivity contribution in [3.63, 3.8) is 0 Å². The Morgan fingerprint density at radius 3 is 2.77 bits per heavy atom. The third-order valence-electron chi connectivity index (χ3n) is 3.57. The van der Waals surface area contributed by atoms with Crippen LogP contribution >= 0.6 is 11.6 Å². The van der Waals surface area contributed by atoms with Crippen LogP contribution in [0.4, 0.5) is 4.39 Å². The molecule has 0 aromatic heterocycles. The maximum atomic E-state index is 13.5. The molecule has 2 aromatic rings. The topological polar surface area (TPSA) is 30.5 Å². The first kappa shape index (κ1) is 15.3. The number of ether oxygens (including phenoxy) is 2. The molecule has 1 saturated heterocycles. The van der Waals surface area contributed by atoms with E-state index in [0.29, 0.717) is 23.9 Å². The van der Waals surface area contributed by atoms with Gasteiger partial charge < -0.3 is 14.8 Å². The molecule has 0 amide bonds. The molecule has 1 aliphatic heterocycles. The fourth-order valence-corrected chi connectivity index (χ4v) is 2.65. The first-order chi connectivity index (χ1) is 10.7. The lowest BCUT2D eigenvalue weighted by atomic mass is 10.0. The normalized spacial score (nSPS) is 19.6. The minimum Gasteiger partial charge on any atom is -0.481 e. The third-order valence-corrected chi connectivity index (χ3v) is 3.88. The zero-order valence-corrected chi connectivity index (χ0v) is 12.7. The van der Waals surface area contributed by atoms with Crippen LogP contribution in [0.15, 0.2) is 48.5 Å². The molecule has 1 N–H and O–H groups in total. The molecule has 116 valence electrons. The zero-order chi connectivity index (χ0) is 15.4. The predicted molar refractivity (Wildman–Crippen MR) is 83.8 cm³/mol. The molecule has 1 unspecified atom stereocenters. The molecule has 22 heavy (non-hydrogen) atoms. The van der Waals surface area contributed by atoms with Gasteiger partial charge in [0.15, 0.2) is 6.10 Å². The summed E-state index contributed by atoms with van der Waals surface area (Å²) in [6.45, 7) is 2.11. The maximum absolute atomic E-state index is 13.5. The van der Waals surface area contributed by atoms with Gasteiger partial charge in [0.2, 0.25) is 0 Å². The van der Waals surface area contributed by atoms with E-state index in [4.69, 9.17) is 21.1 Å². The summed E-state index contributed by atoms with van der Waals surface area (Å²) in [5, 5.41) is 3.67. The molecule has 3 nitrogen and oxygen atoms in total. The van der Waals surface area contributed by atoms with Crippen LogP contribution < -0.4 is 10.1 Å². The Kier molecular flexibility index (Phi) is 4.93. The van der Waals surface area contributed by atoms with E-state index in [1.165, 1.54) is 18.2 Å². The van der Waals surface area contributed by atoms with E-state index in [0.717, 1.165) is 12.1 Å². The largest absolute Gasteiger partial charge is 0.481 e. The Bertz CT molecular complexity index is 617. The van der Waals surface area contributed by atoms with Crippen molar-refractivity contribution in [3.05, 3.63) is 64.9 Å². The molecule has 2 atom stereocenters. The van der Waals surface area contributed by atoms with E-state index in [1.807, 2.05) is 30.3 Å². The van der Waals surface area contributed by atoms with Crippen molar-refractivity contribution < 1.29 is 13.9 Å². The summed E-state index contributed by atoms with van der Waals surface area (Å²) in [5.41, 5.74) is 0.969. The summed E-state index contributed by atoms with van der Waals surface area (Å²) < 4.78 is 25.3. The number of rotatable bonds is 4. The molecule has 1 fully saturated rings. The lowest BCUT2D eigenvalue weighted by molar-refractivity contribution is -0.0432. The maximum Gasteiger partial charge on any atom is 0.151 e. The van der Waals surface area contributed by atoms with E-state index >= 15 is 0 Å². The lowest BCUT2D eigenvalue weighted by Crippen LogP contribution is -2.43. The van der Waals surface area contributed by atoms with Crippen LogP contribution in [0.5, 0.6) is 5.75 Å². The third kappa shape index (κ3) is 3.58. The van der Waals surface area contributed by atoms with Crippen molar-refractivity contribution in [1.82, 2.24) is 5.32 Å². The number of hydrogen-bond donors (Lipinski definition) is 1.